The van der Waals surface area contributed by atoms with Crippen LogP contribution in [0, 0.1) is 0 Å². The van der Waals surface area contributed by atoms with Crippen LogP contribution in [0.2, 0.25) is 0 Å². The molecular formula is C21H15BN6S3-. The number of rotatable bonds is 6. The van der Waals surface area contributed by atoms with Gasteiger partial charge in [0.05, 0.1) is 31.7 Å². The Hall–Kier alpha value is -3.21. The molecule has 0 bridgehead atoms. The standard InChI is InChI=1S/C21H15BN6S3/c1-4-19(29-13-1)16-7-10-26(23-16)22(27-11-8-17(24-27)20-5-2-14-30-20)28-12-9-18(25-28)21-6-3-15-31-21/h1-15H/q-1. The molecule has 0 aliphatic carbocycles. The zero-order valence-electron chi connectivity index (χ0n) is 16.1. The van der Waals surface area contributed by atoms with Gasteiger partial charge >= 0.3 is 0 Å². The minimum absolute atomic E-state index is 0.351. The third-order valence-electron chi connectivity index (χ3n) is 4.86. The van der Waals surface area contributed by atoms with Crippen molar-refractivity contribution in [2.45, 2.75) is 0 Å². The largest absolute Gasteiger partial charge is 0.424 e. The summed E-state index contributed by atoms with van der Waals surface area (Å²) < 4.78 is 5.72. The molecule has 0 unspecified atom stereocenters. The number of aromatic nitrogens is 6. The lowest BCUT2D eigenvalue weighted by Crippen LogP contribution is -2.42. The number of thiophene rings is 3. The lowest BCUT2D eigenvalue weighted by atomic mass is 9.96. The molecule has 0 saturated heterocycles. The first-order chi connectivity index (χ1) is 15.3. The van der Waals surface area contributed by atoms with E-state index in [0.717, 1.165) is 31.7 Å². The molecule has 0 fully saturated rings. The highest BCUT2D eigenvalue weighted by Crippen LogP contribution is 2.25. The van der Waals surface area contributed by atoms with Crippen molar-refractivity contribution in [2.75, 3.05) is 0 Å². The number of hydrogen-bond acceptors (Lipinski definition) is 6. The Morgan fingerprint density at radius 3 is 1.16 bits per heavy atom. The van der Waals surface area contributed by atoms with Crippen molar-refractivity contribution < 1.29 is 0 Å². The van der Waals surface area contributed by atoms with Crippen LogP contribution in [-0.4, -0.2) is 36.2 Å². The number of hydrogen-bond donors (Lipinski definition) is 0. The summed E-state index contributed by atoms with van der Waals surface area (Å²) in [5.74, 6) is 0. The molecule has 0 atom stereocenters. The highest BCUT2D eigenvalue weighted by Gasteiger charge is 2.15. The van der Waals surface area contributed by atoms with Gasteiger partial charge in [-0.2, -0.15) is 0 Å². The Morgan fingerprint density at radius 1 is 0.516 bits per heavy atom. The predicted octanol–water partition coefficient (Wildman–Crippen LogP) is 5.39. The van der Waals surface area contributed by atoms with Gasteiger partial charge in [0.15, 0.2) is 0 Å². The molecule has 0 saturated carbocycles. The molecule has 0 aliphatic rings. The van der Waals surface area contributed by atoms with E-state index in [4.69, 9.17) is 15.3 Å². The quantitative estimate of drug-likeness (QED) is 0.315. The molecule has 6 nitrogen and oxygen atoms in total. The van der Waals surface area contributed by atoms with E-state index in [9.17, 15) is 0 Å². The molecule has 6 heterocycles. The molecule has 0 spiro atoms. The summed E-state index contributed by atoms with van der Waals surface area (Å²) in [7, 11) is -0.351. The average molecular weight is 458 g/mol. The third-order valence-corrected chi connectivity index (χ3v) is 7.53. The van der Waals surface area contributed by atoms with Crippen LogP contribution in [0.1, 0.15) is 0 Å². The van der Waals surface area contributed by atoms with Gasteiger partial charge in [0.1, 0.15) is 0 Å². The summed E-state index contributed by atoms with van der Waals surface area (Å²) in [6, 6.07) is 18.5. The van der Waals surface area contributed by atoms with Gasteiger partial charge in [-0.05, 0) is 71.1 Å². The van der Waals surface area contributed by atoms with E-state index in [-0.39, 0.29) is 7.12 Å². The average Bonchev–Trinajstić information content (AvgIpc) is 3.61. The third kappa shape index (κ3) is 3.48. The number of nitrogens with zero attached hydrogens (tertiary/aromatic N) is 6. The first kappa shape index (κ1) is 18.6. The summed E-state index contributed by atoms with van der Waals surface area (Å²) in [5, 5.41) is 20.8. The van der Waals surface area contributed by atoms with Crippen LogP contribution in [0.25, 0.3) is 31.7 Å². The Bertz CT molecular complexity index is 1220. The maximum absolute atomic E-state index is 4.86. The van der Waals surface area contributed by atoms with Gasteiger partial charge in [0.2, 0.25) is 0 Å². The van der Waals surface area contributed by atoms with Crippen LogP contribution in [0.15, 0.2) is 89.3 Å². The van der Waals surface area contributed by atoms with E-state index in [1.54, 1.807) is 34.0 Å². The van der Waals surface area contributed by atoms with Crippen LogP contribution < -0.4 is 0 Å². The summed E-state index contributed by atoms with van der Waals surface area (Å²) in [6.45, 7) is 0. The van der Waals surface area contributed by atoms with Crippen molar-refractivity contribution in [3.05, 3.63) is 89.3 Å². The normalized spacial score (nSPS) is 11.5. The molecular weight excluding hydrogens is 443 g/mol. The fourth-order valence-corrected chi connectivity index (χ4v) is 5.50. The smallest absolute Gasteiger partial charge is 0.260 e. The lowest BCUT2D eigenvalue weighted by molar-refractivity contribution is 0.775. The van der Waals surface area contributed by atoms with Gasteiger partial charge in [0, 0.05) is 0 Å². The highest BCUT2D eigenvalue weighted by atomic mass is 32.1. The Balaban J connectivity index is 1.44. The molecule has 151 valence electrons. The van der Waals surface area contributed by atoms with Crippen LogP contribution in [-0.2, 0) is 0 Å². The molecule has 1 radical (unpaired) electrons. The van der Waals surface area contributed by atoms with E-state index in [1.807, 2.05) is 68.8 Å². The van der Waals surface area contributed by atoms with Gasteiger partial charge < -0.3 is 13.8 Å². The molecule has 0 N–H and O–H groups in total. The summed E-state index contributed by atoms with van der Waals surface area (Å²) in [4.78, 5) is 3.41. The van der Waals surface area contributed by atoms with Crippen molar-refractivity contribution in [1.82, 2.24) is 29.1 Å². The molecule has 6 aromatic rings. The minimum Gasteiger partial charge on any atom is -0.424 e. The van der Waals surface area contributed by atoms with Crippen LogP contribution in [0.4, 0.5) is 0 Å². The Kier molecular flexibility index (Phi) is 4.67. The van der Waals surface area contributed by atoms with Gasteiger partial charge in [-0.3, -0.25) is 0 Å². The fraction of sp³-hybridized carbons (Fsp3) is 0. The molecule has 6 rings (SSSR count). The molecule has 31 heavy (non-hydrogen) atoms. The maximum atomic E-state index is 4.86. The predicted molar refractivity (Wildman–Crippen MR) is 129 cm³/mol. The summed E-state index contributed by atoms with van der Waals surface area (Å²) in [6.07, 6.45) is 5.95. The first-order valence-corrected chi connectivity index (χ1v) is 12.3. The monoisotopic (exact) mass is 458 g/mol. The van der Waals surface area contributed by atoms with Crippen molar-refractivity contribution in [2.24, 2.45) is 0 Å². The second-order valence-electron chi connectivity index (χ2n) is 6.82. The highest BCUT2D eigenvalue weighted by molar-refractivity contribution is 7.14. The molecule has 0 amide bonds. The van der Waals surface area contributed by atoms with E-state index < -0.39 is 0 Å². The second-order valence-corrected chi connectivity index (χ2v) is 9.66. The Morgan fingerprint density at radius 2 is 0.871 bits per heavy atom. The van der Waals surface area contributed by atoms with E-state index in [2.05, 4.69) is 34.3 Å². The zero-order chi connectivity index (χ0) is 20.6. The van der Waals surface area contributed by atoms with Crippen molar-refractivity contribution in [1.29, 1.82) is 0 Å². The van der Waals surface area contributed by atoms with Crippen LogP contribution in [0.3, 0.4) is 0 Å². The SMILES string of the molecule is c1csc(-c2ccn([B-](n3ccc(-c4cccs4)n3)n3ccc(-c4cccs4)n3)n2)c1. The summed E-state index contributed by atoms with van der Waals surface area (Å²) >= 11 is 5.04. The lowest BCUT2D eigenvalue weighted by Gasteiger charge is -2.29. The molecule has 0 aromatic carbocycles. The molecule has 6 aromatic heterocycles. The second kappa shape index (κ2) is 7.80. The fourth-order valence-electron chi connectivity index (χ4n) is 3.43. The molecule has 0 aliphatic heterocycles. The first-order valence-electron chi connectivity index (χ1n) is 9.62. The van der Waals surface area contributed by atoms with Gasteiger partial charge in [-0.15, -0.1) is 34.0 Å². The Labute approximate surface area is 190 Å². The topological polar surface area (TPSA) is 53.5 Å². The van der Waals surface area contributed by atoms with Gasteiger partial charge in [0.25, 0.3) is 7.12 Å². The van der Waals surface area contributed by atoms with Gasteiger partial charge in [-0.25, -0.2) is 15.3 Å². The minimum atomic E-state index is -0.351. The van der Waals surface area contributed by atoms with Crippen LogP contribution >= 0.6 is 34.0 Å². The van der Waals surface area contributed by atoms with E-state index in [1.165, 1.54) is 0 Å². The van der Waals surface area contributed by atoms with Crippen LogP contribution in [0.5, 0.6) is 0 Å². The summed E-state index contributed by atoms with van der Waals surface area (Å²) in [5.41, 5.74) is 2.82. The van der Waals surface area contributed by atoms with Crippen molar-refractivity contribution >= 4 is 41.1 Å². The van der Waals surface area contributed by atoms with E-state index in [0.29, 0.717) is 0 Å². The van der Waals surface area contributed by atoms with Crippen molar-refractivity contribution in [3.8, 4) is 31.7 Å². The molecule has 10 heteroatoms. The zero-order valence-corrected chi connectivity index (χ0v) is 18.6. The van der Waals surface area contributed by atoms with Gasteiger partial charge in [-0.1, -0.05) is 18.2 Å². The van der Waals surface area contributed by atoms with E-state index >= 15 is 0 Å². The maximum Gasteiger partial charge on any atom is 0.260 e. The van der Waals surface area contributed by atoms with Crippen molar-refractivity contribution in [3.63, 3.8) is 0 Å².